The van der Waals surface area contributed by atoms with Crippen LogP contribution in [0.4, 0.5) is 0 Å². The fraction of sp³-hybridized carbons (Fsp3) is 0.0556. The number of carbonyl (C=O) groups is 2. The lowest BCUT2D eigenvalue weighted by molar-refractivity contribution is -0.595. The Bertz CT molecular complexity index is 1790. The van der Waals surface area contributed by atoms with Crippen LogP contribution in [-0.2, 0) is 9.47 Å². The van der Waals surface area contributed by atoms with Crippen LogP contribution < -0.4 is 9.13 Å². The Hall–Kier alpha value is -6.02. The Morgan fingerprint density at radius 1 is 0.500 bits per heavy atom. The lowest BCUT2D eigenvalue weighted by Crippen LogP contribution is -2.29. The third-order valence-corrected chi connectivity index (χ3v) is 7.28. The van der Waals surface area contributed by atoms with Gasteiger partial charge in [-0.3, -0.25) is 9.97 Å². The second-order valence-corrected chi connectivity index (χ2v) is 9.92. The van der Waals surface area contributed by atoms with Crippen molar-refractivity contribution in [3.05, 3.63) is 145 Å². The highest BCUT2D eigenvalue weighted by atomic mass is 16.5. The normalized spacial score (nSPS) is 10.7. The number of hydrogen-bond donors (Lipinski definition) is 0. The van der Waals surface area contributed by atoms with E-state index in [9.17, 15) is 9.59 Å². The largest absolute Gasteiger partial charge is 0.465 e. The number of carbonyl (C=O) groups excluding carboxylic acids is 2. The monoisotopic (exact) mass is 580 g/mol. The van der Waals surface area contributed by atoms with E-state index in [0.29, 0.717) is 11.1 Å². The number of rotatable bonds is 7. The average Bonchev–Trinajstić information content (AvgIpc) is 3.11. The Kier molecular flexibility index (Phi) is 7.96. The Morgan fingerprint density at radius 3 is 1.20 bits per heavy atom. The van der Waals surface area contributed by atoms with Crippen molar-refractivity contribution in [2.24, 2.45) is 0 Å². The van der Waals surface area contributed by atoms with Gasteiger partial charge in [-0.2, -0.15) is 9.13 Å². The van der Waals surface area contributed by atoms with Gasteiger partial charge in [0.25, 0.3) is 0 Å². The van der Waals surface area contributed by atoms with Crippen LogP contribution in [0.5, 0.6) is 0 Å². The molecule has 8 nitrogen and oxygen atoms in total. The molecule has 0 aliphatic carbocycles. The number of benzene rings is 2. The highest BCUT2D eigenvalue weighted by Crippen LogP contribution is 2.26. The van der Waals surface area contributed by atoms with E-state index in [1.165, 1.54) is 14.2 Å². The number of nitrogens with zero attached hydrogens (tertiary/aromatic N) is 4. The minimum Gasteiger partial charge on any atom is -0.465 e. The molecule has 214 valence electrons. The van der Waals surface area contributed by atoms with Crippen molar-refractivity contribution in [3.63, 3.8) is 0 Å². The van der Waals surface area contributed by atoms with Gasteiger partial charge in [0.05, 0.1) is 36.7 Å². The van der Waals surface area contributed by atoms with Crippen molar-refractivity contribution in [1.82, 2.24) is 9.97 Å². The maximum atomic E-state index is 11.7. The van der Waals surface area contributed by atoms with Crippen LogP contribution >= 0.6 is 0 Å². The third-order valence-electron chi connectivity index (χ3n) is 7.28. The van der Waals surface area contributed by atoms with Crippen molar-refractivity contribution >= 4 is 11.9 Å². The molecular weight excluding hydrogens is 552 g/mol. The molecule has 8 heteroatoms. The summed E-state index contributed by atoms with van der Waals surface area (Å²) < 4.78 is 13.5. The zero-order valence-electron chi connectivity index (χ0n) is 24.1. The van der Waals surface area contributed by atoms with Crippen LogP contribution in [-0.4, -0.2) is 36.1 Å². The molecule has 0 bridgehead atoms. The molecule has 4 aromatic heterocycles. The van der Waals surface area contributed by atoms with E-state index >= 15 is 0 Å². The molecule has 4 heterocycles. The zero-order valence-corrected chi connectivity index (χ0v) is 24.1. The number of aromatic nitrogens is 4. The molecule has 0 aliphatic rings. The Balaban J connectivity index is 1.20. The molecule has 6 rings (SSSR count). The molecule has 0 amide bonds. The van der Waals surface area contributed by atoms with E-state index in [0.717, 1.165) is 45.0 Å². The predicted octanol–water partition coefficient (Wildman–Crippen LogP) is 5.60. The molecule has 0 atom stereocenters. The van der Waals surface area contributed by atoms with Crippen LogP contribution in [0.2, 0.25) is 0 Å². The second kappa shape index (κ2) is 12.5. The van der Waals surface area contributed by atoms with Crippen LogP contribution in [0, 0.1) is 0 Å². The van der Waals surface area contributed by atoms with Crippen molar-refractivity contribution in [2.45, 2.75) is 0 Å². The maximum absolute atomic E-state index is 11.7. The average molecular weight is 581 g/mol. The maximum Gasteiger partial charge on any atom is 0.337 e. The van der Waals surface area contributed by atoms with Crippen molar-refractivity contribution in [2.75, 3.05) is 14.2 Å². The molecule has 0 saturated carbocycles. The van der Waals surface area contributed by atoms with Gasteiger partial charge in [-0.15, -0.1) is 0 Å². The van der Waals surface area contributed by atoms with Gasteiger partial charge in [0, 0.05) is 60.9 Å². The number of pyridine rings is 4. The molecule has 0 saturated heterocycles. The topological polar surface area (TPSA) is 86.1 Å². The summed E-state index contributed by atoms with van der Waals surface area (Å²) in [6.07, 6.45) is 11.5. The summed E-state index contributed by atoms with van der Waals surface area (Å²) >= 11 is 0. The standard InChI is InChI=1S/C36H28N4O4/c1-43-35(41)27-3-7-31(8-4-27)39-19-13-25(14-20-39)29-11-17-37-33(23-29)34-24-30(12-18-38-34)26-15-21-40(22-16-26)32-9-5-28(6-10-32)36(42)44-2/h3-24H,1-2H3/q+2. The first-order chi connectivity index (χ1) is 21.5. The van der Waals surface area contributed by atoms with Gasteiger partial charge in [-0.1, -0.05) is 0 Å². The molecule has 0 N–H and O–H groups in total. The molecular formula is C36H28N4O4+2. The zero-order chi connectivity index (χ0) is 30.5. The summed E-state index contributed by atoms with van der Waals surface area (Å²) in [6.45, 7) is 0. The van der Waals surface area contributed by atoms with Gasteiger partial charge in [-0.25, -0.2) is 9.59 Å². The van der Waals surface area contributed by atoms with E-state index in [2.05, 4.69) is 9.97 Å². The molecule has 6 aromatic rings. The molecule has 2 aromatic carbocycles. The predicted molar refractivity (Wildman–Crippen MR) is 164 cm³/mol. The van der Waals surface area contributed by atoms with Crippen LogP contribution in [0.25, 0.3) is 45.0 Å². The van der Waals surface area contributed by atoms with Gasteiger partial charge in [0.2, 0.25) is 11.4 Å². The van der Waals surface area contributed by atoms with Gasteiger partial charge in [-0.05, 0) is 70.8 Å². The van der Waals surface area contributed by atoms with Gasteiger partial charge >= 0.3 is 11.9 Å². The molecule has 0 fully saturated rings. The SMILES string of the molecule is COC(=O)c1ccc(-[n+]2ccc(-c3ccnc(-c4cc(-c5cc[n+](-c6ccc(C(=O)OC)cc6)cc5)ccn4)c3)cc2)cc1. The first-order valence-electron chi connectivity index (χ1n) is 13.9. The fourth-order valence-corrected chi connectivity index (χ4v) is 4.86. The van der Waals surface area contributed by atoms with Gasteiger partial charge < -0.3 is 9.47 Å². The van der Waals surface area contributed by atoms with Gasteiger partial charge in [0.15, 0.2) is 24.8 Å². The van der Waals surface area contributed by atoms with Crippen molar-refractivity contribution < 1.29 is 28.2 Å². The van der Waals surface area contributed by atoms with E-state index in [4.69, 9.17) is 9.47 Å². The summed E-state index contributed by atoms with van der Waals surface area (Å²) in [4.78, 5) is 32.7. The van der Waals surface area contributed by atoms with E-state index in [1.807, 2.05) is 107 Å². The van der Waals surface area contributed by atoms with Crippen LogP contribution in [0.1, 0.15) is 20.7 Å². The Labute approximate surface area is 254 Å². The minimum atomic E-state index is -0.358. The van der Waals surface area contributed by atoms with Crippen LogP contribution in [0.15, 0.2) is 134 Å². The Morgan fingerprint density at radius 2 is 0.864 bits per heavy atom. The first kappa shape index (κ1) is 28.1. The molecule has 0 aliphatic heterocycles. The quantitative estimate of drug-likeness (QED) is 0.180. The van der Waals surface area contributed by atoms with E-state index in [-0.39, 0.29) is 11.9 Å². The van der Waals surface area contributed by atoms with Gasteiger partial charge in [0.1, 0.15) is 0 Å². The smallest absolute Gasteiger partial charge is 0.337 e. The van der Waals surface area contributed by atoms with Crippen LogP contribution in [0.3, 0.4) is 0 Å². The van der Waals surface area contributed by atoms with E-state index in [1.54, 1.807) is 36.7 Å². The summed E-state index contributed by atoms with van der Waals surface area (Å²) in [5.41, 5.74) is 8.56. The number of esters is 2. The number of methoxy groups -OCH3 is 2. The van der Waals surface area contributed by atoms with Crippen molar-refractivity contribution in [3.8, 4) is 45.0 Å². The molecule has 44 heavy (non-hydrogen) atoms. The summed E-state index contributed by atoms with van der Waals surface area (Å²) in [6, 6.07) is 30.7. The summed E-state index contributed by atoms with van der Waals surface area (Å²) in [5.74, 6) is -0.716. The molecule has 0 unspecified atom stereocenters. The fourth-order valence-electron chi connectivity index (χ4n) is 4.86. The minimum absolute atomic E-state index is 0.358. The highest BCUT2D eigenvalue weighted by Gasteiger charge is 2.13. The summed E-state index contributed by atoms with van der Waals surface area (Å²) in [5, 5.41) is 0. The van der Waals surface area contributed by atoms with Crippen molar-refractivity contribution in [1.29, 1.82) is 0 Å². The number of ether oxygens (including phenoxy) is 2. The third kappa shape index (κ3) is 5.96. The lowest BCUT2D eigenvalue weighted by atomic mass is 10.0. The number of hydrogen-bond acceptors (Lipinski definition) is 6. The summed E-state index contributed by atoms with van der Waals surface area (Å²) in [7, 11) is 2.74. The molecule has 0 spiro atoms. The highest BCUT2D eigenvalue weighted by molar-refractivity contribution is 5.89. The first-order valence-corrected chi connectivity index (χ1v) is 13.9. The molecule has 0 radical (unpaired) electrons. The van der Waals surface area contributed by atoms with E-state index < -0.39 is 0 Å². The lowest BCUT2D eigenvalue weighted by Gasteiger charge is -2.07. The second-order valence-electron chi connectivity index (χ2n) is 9.92.